The van der Waals surface area contributed by atoms with Gasteiger partial charge in [0.25, 0.3) is 5.91 Å². The first-order chi connectivity index (χ1) is 9.28. The fraction of sp³-hybridized carbons (Fsp3) is 0.571. The second-order valence-corrected chi connectivity index (χ2v) is 5.31. The number of alkyl halides is 3. The maximum atomic E-state index is 12.7. The van der Waals surface area contributed by atoms with Crippen molar-refractivity contribution < 1.29 is 18.0 Å². The van der Waals surface area contributed by atoms with Gasteiger partial charge in [0.2, 0.25) is 0 Å². The first-order valence-electron chi connectivity index (χ1n) is 6.58. The molecule has 0 saturated heterocycles. The van der Waals surface area contributed by atoms with Gasteiger partial charge in [0, 0.05) is 17.9 Å². The van der Waals surface area contributed by atoms with Crippen LogP contribution < -0.4 is 0 Å². The van der Waals surface area contributed by atoms with Crippen LogP contribution in [-0.2, 0) is 0 Å². The predicted molar refractivity (Wildman–Crippen MR) is 68.3 cm³/mol. The van der Waals surface area contributed by atoms with Crippen LogP contribution >= 0.6 is 0 Å². The Hall–Kier alpha value is -1.59. The van der Waals surface area contributed by atoms with Gasteiger partial charge in [-0.15, -0.1) is 0 Å². The Morgan fingerprint density at radius 3 is 2.55 bits per heavy atom. The van der Waals surface area contributed by atoms with Crippen molar-refractivity contribution in [2.45, 2.75) is 38.9 Å². The van der Waals surface area contributed by atoms with Crippen LogP contribution in [0.25, 0.3) is 0 Å². The minimum absolute atomic E-state index is 0.180. The van der Waals surface area contributed by atoms with Crippen LogP contribution in [0.4, 0.5) is 13.2 Å². The first-order valence-corrected chi connectivity index (χ1v) is 6.58. The molecule has 20 heavy (non-hydrogen) atoms. The van der Waals surface area contributed by atoms with Crippen LogP contribution in [0.15, 0.2) is 18.3 Å². The third-order valence-corrected chi connectivity index (χ3v) is 3.56. The summed E-state index contributed by atoms with van der Waals surface area (Å²) in [6, 6.07) is 2.75. The van der Waals surface area contributed by atoms with E-state index in [-0.39, 0.29) is 11.5 Å². The molecule has 1 aliphatic carbocycles. The monoisotopic (exact) mass is 286 g/mol. The van der Waals surface area contributed by atoms with Crippen LogP contribution in [0.2, 0.25) is 0 Å². The highest BCUT2D eigenvalue weighted by molar-refractivity contribution is 5.94. The molecule has 3 nitrogen and oxygen atoms in total. The van der Waals surface area contributed by atoms with E-state index in [9.17, 15) is 18.0 Å². The highest BCUT2D eigenvalue weighted by Crippen LogP contribution is 2.36. The molecule has 1 saturated carbocycles. The molecule has 1 aromatic rings. The molecule has 0 aliphatic heterocycles. The average Bonchev–Trinajstić information content (AvgIpc) is 3.18. The second kappa shape index (κ2) is 5.42. The molecule has 1 heterocycles. The Morgan fingerprint density at radius 1 is 1.45 bits per heavy atom. The summed E-state index contributed by atoms with van der Waals surface area (Å²) in [5.74, 6) is -0.422. The summed E-state index contributed by atoms with van der Waals surface area (Å²) in [6.07, 6.45) is -1.29. The smallest absolute Gasteiger partial charge is 0.327 e. The number of nitrogens with zero attached hydrogens (tertiary/aromatic N) is 2. The lowest BCUT2D eigenvalue weighted by Gasteiger charge is -2.30. The number of amides is 1. The fourth-order valence-corrected chi connectivity index (χ4v) is 2.19. The van der Waals surface area contributed by atoms with Crippen molar-refractivity contribution in [2.24, 2.45) is 5.92 Å². The van der Waals surface area contributed by atoms with Gasteiger partial charge in [0.1, 0.15) is 6.54 Å². The lowest BCUT2D eigenvalue weighted by molar-refractivity contribution is -0.144. The molecule has 1 atom stereocenters. The van der Waals surface area contributed by atoms with Crippen molar-refractivity contribution >= 4 is 5.91 Å². The molecule has 1 aliphatic rings. The molecule has 1 aromatic heterocycles. The van der Waals surface area contributed by atoms with E-state index in [1.54, 1.807) is 19.9 Å². The summed E-state index contributed by atoms with van der Waals surface area (Å²) >= 11 is 0. The average molecular weight is 286 g/mol. The molecule has 1 fully saturated rings. The highest BCUT2D eigenvalue weighted by Gasteiger charge is 2.40. The van der Waals surface area contributed by atoms with Crippen molar-refractivity contribution in [3.05, 3.63) is 29.6 Å². The topological polar surface area (TPSA) is 33.2 Å². The Balaban J connectivity index is 2.20. The number of rotatable bonds is 4. The van der Waals surface area contributed by atoms with Gasteiger partial charge in [-0.25, -0.2) is 0 Å². The SMILES string of the molecule is Cc1ccc(C(=O)N(CC(F)(F)F)[C@H](C)C2CC2)cn1. The molecule has 0 radical (unpaired) electrons. The van der Waals surface area contributed by atoms with E-state index in [1.165, 1.54) is 12.3 Å². The normalized spacial score (nSPS) is 16.9. The van der Waals surface area contributed by atoms with E-state index in [0.717, 1.165) is 23.4 Å². The number of hydrogen-bond donors (Lipinski definition) is 0. The van der Waals surface area contributed by atoms with Gasteiger partial charge < -0.3 is 4.90 Å². The molecule has 0 bridgehead atoms. The molecular weight excluding hydrogens is 269 g/mol. The molecule has 1 amide bonds. The third-order valence-electron chi connectivity index (χ3n) is 3.56. The number of aromatic nitrogens is 1. The highest BCUT2D eigenvalue weighted by atomic mass is 19.4. The number of halogens is 3. The largest absolute Gasteiger partial charge is 0.406 e. The van der Waals surface area contributed by atoms with E-state index in [0.29, 0.717) is 0 Å². The maximum Gasteiger partial charge on any atom is 0.406 e. The minimum Gasteiger partial charge on any atom is -0.327 e. The van der Waals surface area contributed by atoms with Gasteiger partial charge in [0.15, 0.2) is 0 Å². The number of carbonyl (C=O) groups excluding carboxylic acids is 1. The van der Waals surface area contributed by atoms with Gasteiger partial charge in [-0.2, -0.15) is 13.2 Å². The van der Waals surface area contributed by atoms with Crippen LogP contribution in [-0.4, -0.2) is 34.6 Å². The molecule has 2 rings (SSSR count). The molecule has 0 aromatic carbocycles. The van der Waals surface area contributed by atoms with Crippen molar-refractivity contribution in [3.63, 3.8) is 0 Å². The molecule has 110 valence electrons. The molecule has 0 unspecified atom stereocenters. The van der Waals surface area contributed by atoms with Gasteiger partial charge in [-0.3, -0.25) is 9.78 Å². The number of aryl methyl sites for hydroxylation is 1. The third kappa shape index (κ3) is 3.71. The summed E-state index contributed by atoms with van der Waals surface area (Å²) in [7, 11) is 0. The standard InChI is InChI=1S/C14H17F3N2O/c1-9-3-4-12(7-18-9)13(20)19(8-14(15,16)17)10(2)11-5-6-11/h3-4,7,10-11H,5-6,8H2,1-2H3/t10-/m1/s1. The first kappa shape index (κ1) is 14.8. The number of carbonyl (C=O) groups is 1. The molecular formula is C14H17F3N2O. The number of hydrogen-bond acceptors (Lipinski definition) is 2. The van der Waals surface area contributed by atoms with E-state index >= 15 is 0 Å². The van der Waals surface area contributed by atoms with Crippen molar-refractivity contribution in [3.8, 4) is 0 Å². The summed E-state index contributed by atoms with van der Waals surface area (Å²) in [6.45, 7) is 2.23. The van der Waals surface area contributed by atoms with Gasteiger partial charge in [0.05, 0.1) is 5.56 Å². The zero-order valence-electron chi connectivity index (χ0n) is 11.4. The van der Waals surface area contributed by atoms with Crippen molar-refractivity contribution in [2.75, 3.05) is 6.54 Å². The van der Waals surface area contributed by atoms with Crippen LogP contribution in [0, 0.1) is 12.8 Å². The predicted octanol–water partition coefficient (Wildman–Crippen LogP) is 3.19. The summed E-state index contributed by atoms with van der Waals surface area (Å²) in [5.41, 5.74) is 0.923. The molecule has 0 spiro atoms. The summed E-state index contributed by atoms with van der Waals surface area (Å²) < 4.78 is 38.0. The Bertz CT molecular complexity index is 480. The minimum atomic E-state index is -4.39. The van der Waals surface area contributed by atoms with Crippen molar-refractivity contribution in [1.29, 1.82) is 0 Å². The van der Waals surface area contributed by atoms with Crippen LogP contribution in [0.5, 0.6) is 0 Å². The zero-order valence-corrected chi connectivity index (χ0v) is 11.4. The van der Waals surface area contributed by atoms with E-state index in [1.807, 2.05) is 0 Å². The lowest BCUT2D eigenvalue weighted by atomic mass is 10.1. The Kier molecular flexibility index (Phi) is 4.01. The zero-order chi connectivity index (χ0) is 14.9. The van der Waals surface area contributed by atoms with Crippen LogP contribution in [0.3, 0.4) is 0 Å². The fourth-order valence-electron chi connectivity index (χ4n) is 2.19. The van der Waals surface area contributed by atoms with E-state index in [4.69, 9.17) is 0 Å². The van der Waals surface area contributed by atoms with E-state index in [2.05, 4.69) is 4.98 Å². The van der Waals surface area contributed by atoms with Gasteiger partial charge in [-0.1, -0.05) is 0 Å². The van der Waals surface area contributed by atoms with Crippen molar-refractivity contribution in [1.82, 2.24) is 9.88 Å². The molecule has 0 N–H and O–H groups in total. The van der Waals surface area contributed by atoms with Gasteiger partial charge in [-0.05, 0) is 44.7 Å². The Morgan fingerprint density at radius 2 is 2.10 bits per heavy atom. The van der Waals surface area contributed by atoms with Gasteiger partial charge >= 0.3 is 6.18 Å². The molecule has 6 heteroatoms. The second-order valence-electron chi connectivity index (χ2n) is 5.31. The van der Waals surface area contributed by atoms with Crippen LogP contribution in [0.1, 0.15) is 35.8 Å². The van der Waals surface area contributed by atoms with E-state index < -0.39 is 24.7 Å². The number of pyridine rings is 1. The Labute approximate surface area is 115 Å². The quantitative estimate of drug-likeness (QED) is 0.851. The maximum absolute atomic E-state index is 12.7. The lowest BCUT2D eigenvalue weighted by Crippen LogP contribution is -2.45. The summed E-state index contributed by atoms with van der Waals surface area (Å²) in [5, 5.41) is 0. The summed E-state index contributed by atoms with van der Waals surface area (Å²) in [4.78, 5) is 17.2.